The van der Waals surface area contributed by atoms with Crippen molar-refractivity contribution < 1.29 is 8.95 Å². The third kappa shape index (κ3) is 5.44. The van der Waals surface area contributed by atoms with Gasteiger partial charge in [0.2, 0.25) is 0 Å². The molecule has 0 saturated heterocycles. The minimum atomic E-state index is -0.834. The maximum atomic E-state index is 12.4. The van der Waals surface area contributed by atoms with Crippen LogP contribution in [0.5, 0.6) is 5.75 Å². The first-order valence-corrected chi connectivity index (χ1v) is 9.16. The second kappa shape index (κ2) is 9.21. The number of hydrogen-bond acceptors (Lipinski definition) is 3. The highest BCUT2D eigenvalue weighted by Gasteiger charge is 2.20. The predicted molar refractivity (Wildman–Crippen MR) is 91.5 cm³/mol. The van der Waals surface area contributed by atoms with Crippen molar-refractivity contribution in [2.75, 3.05) is 19.4 Å². The lowest BCUT2D eigenvalue weighted by atomic mass is 10.0. The van der Waals surface area contributed by atoms with Crippen LogP contribution in [0, 0.1) is 6.92 Å². The molecule has 120 valence electrons. The van der Waals surface area contributed by atoms with E-state index in [0.29, 0.717) is 5.75 Å². The van der Waals surface area contributed by atoms with Crippen molar-refractivity contribution in [1.29, 1.82) is 0 Å². The fraction of sp³-hybridized carbons (Fsp3) is 0.647. The topological polar surface area (TPSA) is 38.3 Å². The maximum absolute atomic E-state index is 12.4. The van der Waals surface area contributed by atoms with Gasteiger partial charge < -0.3 is 10.1 Å². The Hall–Kier alpha value is -0.870. The fourth-order valence-electron chi connectivity index (χ4n) is 2.22. The van der Waals surface area contributed by atoms with Crippen molar-refractivity contribution in [3.05, 3.63) is 29.3 Å². The fourth-order valence-corrected chi connectivity index (χ4v) is 3.54. The van der Waals surface area contributed by atoms with Gasteiger partial charge in [-0.25, -0.2) is 0 Å². The molecule has 0 heterocycles. The minimum absolute atomic E-state index is 0.0784. The average molecular weight is 311 g/mol. The Kier molecular flexibility index (Phi) is 7.97. The van der Waals surface area contributed by atoms with Crippen molar-refractivity contribution in [2.24, 2.45) is 0 Å². The normalized spacial score (nSPS) is 15.5. The van der Waals surface area contributed by atoms with Crippen LogP contribution in [-0.4, -0.2) is 28.9 Å². The van der Waals surface area contributed by atoms with E-state index in [-0.39, 0.29) is 11.3 Å². The number of benzene rings is 1. The summed E-state index contributed by atoms with van der Waals surface area (Å²) in [5.41, 5.74) is 2.31. The Bertz CT molecular complexity index is 462. The van der Waals surface area contributed by atoms with Gasteiger partial charge in [-0.2, -0.15) is 0 Å². The van der Waals surface area contributed by atoms with E-state index in [0.717, 1.165) is 30.7 Å². The summed E-state index contributed by atoms with van der Waals surface area (Å²) in [5.74, 6) is 1.50. The van der Waals surface area contributed by atoms with Crippen LogP contribution in [0.4, 0.5) is 0 Å². The summed E-state index contributed by atoms with van der Waals surface area (Å²) < 4.78 is 17.9. The molecule has 3 nitrogen and oxygen atoms in total. The maximum Gasteiger partial charge on any atom is 0.123 e. The van der Waals surface area contributed by atoms with E-state index in [1.165, 1.54) is 5.56 Å². The van der Waals surface area contributed by atoms with Crippen molar-refractivity contribution in [2.45, 2.75) is 51.8 Å². The van der Waals surface area contributed by atoms with Crippen LogP contribution in [0.3, 0.4) is 0 Å². The largest absolute Gasteiger partial charge is 0.496 e. The van der Waals surface area contributed by atoms with Gasteiger partial charge in [0.1, 0.15) is 5.75 Å². The molecular weight excluding hydrogens is 282 g/mol. The predicted octanol–water partition coefficient (Wildman–Crippen LogP) is 3.59. The molecule has 3 atom stereocenters. The Morgan fingerprint density at radius 3 is 2.62 bits per heavy atom. The van der Waals surface area contributed by atoms with Crippen molar-refractivity contribution in [1.82, 2.24) is 5.32 Å². The first-order valence-electron chi connectivity index (χ1n) is 7.78. The highest BCUT2D eigenvalue weighted by molar-refractivity contribution is 7.85. The molecule has 0 saturated carbocycles. The molecule has 0 aromatic heterocycles. The van der Waals surface area contributed by atoms with Gasteiger partial charge in [0.05, 0.1) is 7.11 Å². The van der Waals surface area contributed by atoms with E-state index in [1.54, 1.807) is 7.11 Å². The van der Waals surface area contributed by atoms with Gasteiger partial charge >= 0.3 is 0 Å². The molecule has 0 radical (unpaired) electrons. The monoisotopic (exact) mass is 311 g/mol. The molecule has 3 unspecified atom stereocenters. The van der Waals surface area contributed by atoms with Crippen LogP contribution in [-0.2, 0) is 10.8 Å². The molecule has 0 amide bonds. The van der Waals surface area contributed by atoms with Gasteiger partial charge in [-0.15, -0.1) is 0 Å². The second-order valence-electron chi connectivity index (χ2n) is 5.52. The van der Waals surface area contributed by atoms with Crippen LogP contribution >= 0.6 is 0 Å². The number of aryl methyl sites for hydroxylation is 1. The van der Waals surface area contributed by atoms with Crippen LogP contribution in [0.1, 0.15) is 50.8 Å². The zero-order valence-electron chi connectivity index (χ0n) is 13.9. The quantitative estimate of drug-likeness (QED) is 0.757. The van der Waals surface area contributed by atoms with Gasteiger partial charge in [-0.3, -0.25) is 4.21 Å². The highest BCUT2D eigenvalue weighted by atomic mass is 32.2. The zero-order valence-corrected chi connectivity index (χ0v) is 14.8. The lowest BCUT2D eigenvalue weighted by molar-refractivity contribution is 0.402. The first-order chi connectivity index (χ1) is 10.0. The van der Waals surface area contributed by atoms with Gasteiger partial charge in [0.25, 0.3) is 0 Å². The number of hydrogen-bond donors (Lipinski definition) is 1. The molecule has 0 fully saturated rings. The van der Waals surface area contributed by atoms with Gasteiger partial charge in [-0.05, 0) is 32.4 Å². The summed E-state index contributed by atoms with van der Waals surface area (Å²) in [6, 6.07) is 6.26. The number of nitrogens with one attached hydrogen (secondary N) is 1. The van der Waals surface area contributed by atoms with E-state index in [2.05, 4.69) is 39.1 Å². The molecule has 0 bridgehead atoms. The van der Waals surface area contributed by atoms with Crippen molar-refractivity contribution >= 4 is 10.8 Å². The van der Waals surface area contributed by atoms with Gasteiger partial charge in [0.15, 0.2) is 0 Å². The SMILES string of the molecule is CCCNC(CS(=O)C(C)CC)c1cc(C)ccc1OC. The Morgan fingerprint density at radius 2 is 2.05 bits per heavy atom. The van der Waals surface area contributed by atoms with Crippen molar-refractivity contribution in [3.8, 4) is 5.75 Å². The number of methoxy groups -OCH3 is 1. The van der Waals surface area contributed by atoms with E-state index in [4.69, 9.17) is 4.74 Å². The number of ether oxygens (including phenoxy) is 1. The van der Waals surface area contributed by atoms with E-state index < -0.39 is 10.8 Å². The van der Waals surface area contributed by atoms with E-state index in [9.17, 15) is 4.21 Å². The molecule has 0 aliphatic rings. The summed E-state index contributed by atoms with van der Waals surface area (Å²) in [5, 5.41) is 3.75. The minimum Gasteiger partial charge on any atom is -0.496 e. The molecule has 1 aromatic rings. The number of rotatable bonds is 9. The molecule has 1 aromatic carbocycles. The smallest absolute Gasteiger partial charge is 0.123 e. The third-order valence-electron chi connectivity index (χ3n) is 3.76. The summed E-state index contributed by atoms with van der Waals surface area (Å²) in [7, 11) is 0.857. The molecule has 1 N–H and O–H groups in total. The molecule has 0 spiro atoms. The molecular formula is C17H29NO2S. The van der Waals surface area contributed by atoms with Crippen LogP contribution in [0.15, 0.2) is 18.2 Å². The first kappa shape index (κ1) is 18.2. The average Bonchev–Trinajstić information content (AvgIpc) is 2.50. The van der Waals surface area contributed by atoms with E-state index >= 15 is 0 Å². The summed E-state index contributed by atoms with van der Waals surface area (Å²) in [6.45, 7) is 9.28. The Balaban J connectivity index is 3.01. The summed E-state index contributed by atoms with van der Waals surface area (Å²) >= 11 is 0. The molecule has 0 aliphatic carbocycles. The third-order valence-corrected chi connectivity index (χ3v) is 5.65. The van der Waals surface area contributed by atoms with Crippen LogP contribution in [0.25, 0.3) is 0 Å². The van der Waals surface area contributed by atoms with Crippen LogP contribution in [0.2, 0.25) is 0 Å². The second-order valence-corrected chi connectivity index (χ2v) is 7.42. The Morgan fingerprint density at radius 1 is 1.33 bits per heavy atom. The highest BCUT2D eigenvalue weighted by Crippen LogP contribution is 2.27. The Labute approximate surface area is 131 Å². The van der Waals surface area contributed by atoms with Crippen LogP contribution < -0.4 is 10.1 Å². The standard InChI is InChI=1S/C17H29NO2S/c1-6-10-18-16(12-21(19)14(4)7-2)15-11-13(3)8-9-17(15)20-5/h8-9,11,14,16,18H,6-7,10,12H2,1-5H3. The lowest BCUT2D eigenvalue weighted by Gasteiger charge is -2.23. The summed E-state index contributed by atoms with van der Waals surface area (Å²) in [4.78, 5) is 0. The summed E-state index contributed by atoms with van der Waals surface area (Å²) in [6.07, 6.45) is 2.00. The van der Waals surface area contributed by atoms with Gasteiger partial charge in [-0.1, -0.05) is 38.5 Å². The molecule has 21 heavy (non-hydrogen) atoms. The zero-order chi connectivity index (χ0) is 15.8. The lowest BCUT2D eigenvalue weighted by Crippen LogP contribution is -2.29. The molecule has 4 heteroatoms. The van der Waals surface area contributed by atoms with E-state index in [1.807, 2.05) is 12.1 Å². The van der Waals surface area contributed by atoms with Gasteiger partial charge in [0, 0.05) is 33.4 Å². The molecule has 1 rings (SSSR count). The van der Waals surface area contributed by atoms with Crippen molar-refractivity contribution in [3.63, 3.8) is 0 Å². The molecule has 0 aliphatic heterocycles.